The normalized spacial score (nSPS) is 19.4. The third-order valence-corrected chi connectivity index (χ3v) is 4.59. The second kappa shape index (κ2) is 6.47. The number of aliphatic hydroxyl groups excluding tert-OH is 1. The summed E-state index contributed by atoms with van der Waals surface area (Å²) in [6.45, 7) is 2.25. The topological polar surface area (TPSA) is 45.1 Å². The van der Waals surface area contributed by atoms with Gasteiger partial charge in [0, 0.05) is 43.1 Å². The number of rotatable bonds is 6. The van der Waals surface area contributed by atoms with Crippen molar-refractivity contribution in [3.63, 3.8) is 0 Å². The van der Waals surface area contributed by atoms with Crippen molar-refractivity contribution < 1.29 is 5.11 Å². The fraction of sp³-hybridized carbons (Fsp3) is 0.769. The molecule has 17 heavy (non-hydrogen) atoms. The number of thiazole rings is 1. The lowest BCUT2D eigenvalue weighted by atomic mass is 9.74. The van der Waals surface area contributed by atoms with E-state index >= 15 is 0 Å². The van der Waals surface area contributed by atoms with E-state index < -0.39 is 0 Å². The van der Waals surface area contributed by atoms with Gasteiger partial charge in [0.1, 0.15) is 0 Å². The molecule has 0 bridgehead atoms. The molecular formula is C13H22N2OS. The molecule has 4 heteroatoms. The van der Waals surface area contributed by atoms with E-state index in [4.69, 9.17) is 0 Å². The number of hydrogen-bond donors (Lipinski definition) is 2. The Kier molecular flexibility index (Phi) is 4.95. The first-order valence-electron chi connectivity index (χ1n) is 6.55. The molecule has 0 radical (unpaired) electrons. The van der Waals surface area contributed by atoms with E-state index in [1.165, 1.54) is 37.1 Å². The lowest BCUT2D eigenvalue weighted by Crippen LogP contribution is -2.39. The zero-order valence-corrected chi connectivity index (χ0v) is 11.1. The van der Waals surface area contributed by atoms with Gasteiger partial charge in [-0.05, 0) is 12.8 Å². The quantitative estimate of drug-likeness (QED) is 0.765. The van der Waals surface area contributed by atoms with E-state index in [1.807, 2.05) is 11.6 Å². The van der Waals surface area contributed by atoms with Crippen molar-refractivity contribution in [2.75, 3.05) is 19.7 Å². The zero-order valence-electron chi connectivity index (χ0n) is 10.3. The van der Waals surface area contributed by atoms with Gasteiger partial charge in [-0.15, -0.1) is 11.3 Å². The Morgan fingerprint density at radius 2 is 2.18 bits per heavy atom. The first-order valence-corrected chi connectivity index (χ1v) is 7.43. The highest BCUT2D eigenvalue weighted by Gasteiger charge is 2.30. The van der Waals surface area contributed by atoms with Crippen molar-refractivity contribution in [3.05, 3.63) is 16.6 Å². The molecule has 0 aromatic carbocycles. The average molecular weight is 254 g/mol. The van der Waals surface area contributed by atoms with E-state index in [0.717, 1.165) is 19.5 Å². The van der Waals surface area contributed by atoms with Gasteiger partial charge in [0.05, 0.1) is 5.01 Å². The van der Waals surface area contributed by atoms with Gasteiger partial charge in [-0.3, -0.25) is 0 Å². The molecule has 0 aliphatic heterocycles. The predicted octanol–water partition coefficient (Wildman–Crippen LogP) is 2.22. The average Bonchev–Trinajstić information content (AvgIpc) is 2.89. The third-order valence-electron chi connectivity index (χ3n) is 3.75. The Labute approximate surface area is 107 Å². The Morgan fingerprint density at radius 3 is 2.82 bits per heavy atom. The molecule has 0 unspecified atom stereocenters. The van der Waals surface area contributed by atoms with Gasteiger partial charge in [-0.25, -0.2) is 4.98 Å². The van der Waals surface area contributed by atoms with E-state index in [-0.39, 0.29) is 5.41 Å². The van der Waals surface area contributed by atoms with Crippen molar-refractivity contribution in [2.45, 2.75) is 38.5 Å². The van der Waals surface area contributed by atoms with Gasteiger partial charge in [-0.2, -0.15) is 0 Å². The van der Waals surface area contributed by atoms with Gasteiger partial charge < -0.3 is 10.4 Å². The van der Waals surface area contributed by atoms with Crippen LogP contribution in [0.15, 0.2) is 11.6 Å². The van der Waals surface area contributed by atoms with Crippen LogP contribution in [0.4, 0.5) is 0 Å². The SMILES string of the molecule is OCC1(CNCCc2nccs2)CCCCC1. The fourth-order valence-electron chi connectivity index (χ4n) is 2.62. The molecule has 0 saturated heterocycles. The maximum atomic E-state index is 9.57. The molecule has 1 aliphatic rings. The molecule has 0 atom stereocenters. The largest absolute Gasteiger partial charge is 0.396 e. The van der Waals surface area contributed by atoms with Crippen LogP contribution in [0.1, 0.15) is 37.1 Å². The smallest absolute Gasteiger partial charge is 0.0937 e. The molecule has 1 saturated carbocycles. The molecule has 2 rings (SSSR count). The van der Waals surface area contributed by atoms with Crippen molar-refractivity contribution in [2.24, 2.45) is 5.41 Å². The minimum absolute atomic E-state index is 0.154. The standard InChI is InChI=1S/C13H22N2OS/c16-11-13(5-2-1-3-6-13)10-14-7-4-12-15-8-9-17-12/h8-9,14,16H,1-7,10-11H2. The molecule has 0 spiro atoms. The predicted molar refractivity (Wildman–Crippen MR) is 71.3 cm³/mol. The van der Waals surface area contributed by atoms with E-state index in [1.54, 1.807) is 11.3 Å². The highest BCUT2D eigenvalue weighted by Crippen LogP contribution is 2.35. The van der Waals surface area contributed by atoms with Crippen LogP contribution in [-0.4, -0.2) is 29.8 Å². The van der Waals surface area contributed by atoms with Crippen LogP contribution in [0, 0.1) is 5.41 Å². The third kappa shape index (κ3) is 3.76. The summed E-state index contributed by atoms with van der Waals surface area (Å²) in [5, 5.41) is 16.3. The maximum absolute atomic E-state index is 9.57. The van der Waals surface area contributed by atoms with Gasteiger partial charge in [0.15, 0.2) is 0 Å². The summed E-state index contributed by atoms with van der Waals surface area (Å²) in [5.74, 6) is 0. The molecule has 96 valence electrons. The van der Waals surface area contributed by atoms with E-state index in [0.29, 0.717) is 6.61 Å². The highest BCUT2D eigenvalue weighted by molar-refractivity contribution is 7.09. The first kappa shape index (κ1) is 13.0. The van der Waals surface area contributed by atoms with E-state index in [2.05, 4.69) is 10.3 Å². The van der Waals surface area contributed by atoms with Gasteiger partial charge in [0.25, 0.3) is 0 Å². The van der Waals surface area contributed by atoms with Crippen LogP contribution in [-0.2, 0) is 6.42 Å². The van der Waals surface area contributed by atoms with Crippen LogP contribution >= 0.6 is 11.3 Å². The summed E-state index contributed by atoms with van der Waals surface area (Å²) in [5.41, 5.74) is 0.154. The molecule has 1 aromatic heterocycles. The number of nitrogens with one attached hydrogen (secondary N) is 1. The van der Waals surface area contributed by atoms with Gasteiger partial charge in [0.2, 0.25) is 0 Å². The summed E-state index contributed by atoms with van der Waals surface area (Å²) in [7, 11) is 0. The van der Waals surface area contributed by atoms with Gasteiger partial charge in [-0.1, -0.05) is 19.3 Å². The number of nitrogens with zero attached hydrogens (tertiary/aromatic N) is 1. The molecule has 0 amide bonds. The fourth-order valence-corrected chi connectivity index (χ4v) is 3.24. The van der Waals surface area contributed by atoms with Crippen molar-refractivity contribution >= 4 is 11.3 Å². The van der Waals surface area contributed by atoms with Crippen LogP contribution in [0.2, 0.25) is 0 Å². The van der Waals surface area contributed by atoms with Gasteiger partial charge >= 0.3 is 0 Å². The number of aliphatic hydroxyl groups is 1. The van der Waals surface area contributed by atoms with Crippen LogP contribution in [0.25, 0.3) is 0 Å². The minimum atomic E-state index is 0.154. The van der Waals surface area contributed by atoms with Crippen molar-refractivity contribution in [1.82, 2.24) is 10.3 Å². The number of hydrogen-bond acceptors (Lipinski definition) is 4. The lowest BCUT2D eigenvalue weighted by Gasteiger charge is -2.35. The summed E-state index contributed by atoms with van der Waals surface area (Å²) in [6.07, 6.45) is 9.08. The lowest BCUT2D eigenvalue weighted by molar-refractivity contribution is 0.0816. The van der Waals surface area contributed by atoms with Crippen molar-refractivity contribution in [1.29, 1.82) is 0 Å². The first-order chi connectivity index (χ1) is 8.35. The summed E-state index contributed by atoms with van der Waals surface area (Å²) in [6, 6.07) is 0. The maximum Gasteiger partial charge on any atom is 0.0937 e. The molecule has 1 heterocycles. The highest BCUT2D eigenvalue weighted by atomic mass is 32.1. The Morgan fingerprint density at radius 1 is 1.35 bits per heavy atom. The molecule has 1 aromatic rings. The Bertz CT molecular complexity index is 307. The Hall–Kier alpha value is -0.450. The molecule has 2 N–H and O–H groups in total. The summed E-state index contributed by atoms with van der Waals surface area (Å²) in [4.78, 5) is 4.27. The molecule has 1 fully saturated rings. The van der Waals surface area contributed by atoms with Crippen LogP contribution < -0.4 is 5.32 Å². The van der Waals surface area contributed by atoms with Crippen LogP contribution in [0.5, 0.6) is 0 Å². The molecule has 1 aliphatic carbocycles. The minimum Gasteiger partial charge on any atom is -0.396 e. The zero-order chi connectivity index (χ0) is 12.0. The number of aromatic nitrogens is 1. The second-order valence-corrected chi connectivity index (χ2v) is 6.05. The van der Waals surface area contributed by atoms with E-state index in [9.17, 15) is 5.11 Å². The second-order valence-electron chi connectivity index (χ2n) is 5.07. The summed E-state index contributed by atoms with van der Waals surface area (Å²) >= 11 is 1.71. The molecular weight excluding hydrogens is 232 g/mol. The van der Waals surface area contributed by atoms with Crippen LogP contribution in [0.3, 0.4) is 0 Å². The molecule has 3 nitrogen and oxygen atoms in total. The monoisotopic (exact) mass is 254 g/mol. The Balaban J connectivity index is 1.69. The van der Waals surface area contributed by atoms with Crippen molar-refractivity contribution in [3.8, 4) is 0 Å². The summed E-state index contributed by atoms with van der Waals surface area (Å²) < 4.78 is 0.